The van der Waals surface area contributed by atoms with Crippen molar-refractivity contribution >= 4 is 29.6 Å². The van der Waals surface area contributed by atoms with E-state index >= 15 is 0 Å². The molecule has 168 valence electrons. The summed E-state index contributed by atoms with van der Waals surface area (Å²) in [5.74, 6) is -0.337. The van der Waals surface area contributed by atoms with E-state index in [1.165, 1.54) is 34.5 Å². The zero-order valence-electron chi connectivity index (χ0n) is 18.3. The Bertz CT molecular complexity index is 1020. The van der Waals surface area contributed by atoms with E-state index in [0.717, 1.165) is 9.80 Å². The number of carbonyl (C=O) groups is 3. The molecule has 0 radical (unpaired) electrons. The number of anilines is 1. The standard InChI is InChI=1S/C23H24N2O7/c1-29-11-10-24-21(26)17(22(27)25(23(24)28)16-8-6-5-7-9-16)12-15-13-18(30-2)20(32-4)19(14-15)31-3/h5-9,12-14H,10-11H2,1-4H3/b17-12-. The maximum Gasteiger partial charge on any atom is 0.338 e. The molecule has 1 fully saturated rings. The Kier molecular flexibility index (Phi) is 7.11. The number of rotatable bonds is 8. The summed E-state index contributed by atoms with van der Waals surface area (Å²) in [5.41, 5.74) is 0.636. The first-order valence-electron chi connectivity index (χ1n) is 9.72. The normalized spacial score (nSPS) is 15.4. The van der Waals surface area contributed by atoms with E-state index in [0.29, 0.717) is 28.5 Å². The number of imide groups is 2. The van der Waals surface area contributed by atoms with Crippen LogP contribution in [-0.4, -0.2) is 64.3 Å². The number of methoxy groups -OCH3 is 4. The van der Waals surface area contributed by atoms with Crippen LogP contribution in [0.25, 0.3) is 6.08 Å². The molecule has 32 heavy (non-hydrogen) atoms. The average molecular weight is 440 g/mol. The Morgan fingerprint density at radius 2 is 1.47 bits per heavy atom. The molecule has 1 saturated heterocycles. The van der Waals surface area contributed by atoms with E-state index in [2.05, 4.69) is 0 Å². The first-order valence-corrected chi connectivity index (χ1v) is 9.72. The Morgan fingerprint density at radius 3 is 2.00 bits per heavy atom. The molecule has 1 aliphatic rings. The second-order valence-corrected chi connectivity index (χ2v) is 6.72. The van der Waals surface area contributed by atoms with Gasteiger partial charge in [-0.25, -0.2) is 9.69 Å². The fourth-order valence-corrected chi connectivity index (χ4v) is 3.31. The molecule has 0 atom stereocenters. The second kappa shape index (κ2) is 9.97. The number of hydrogen-bond acceptors (Lipinski definition) is 7. The number of para-hydroxylation sites is 1. The highest BCUT2D eigenvalue weighted by molar-refractivity contribution is 6.39. The van der Waals surface area contributed by atoms with Crippen LogP contribution in [0.2, 0.25) is 0 Å². The number of urea groups is 1. The summed E-state index contributed by atoms with van der Waals surface area (Å²) in [4.78, 5) is 41.4. The van der Waals surface area contributed by atoms with Gasteiger partial charge in [0.15, 0.2) is 11.5 Å². The molecule has 4 amide bonds. The zero-order valence-corrected chi connectivity index (χ0v) is 18.3. The lowest BCUT2D eigenvalue weighted by Gasteiger charge is -2.33. The van der Waals surface area contributed by atoms with Crippen molar-refractivity contribution < 1.29 is 33.3 Å². The van der Waals surface area contributed by atoms with Gasteiger partial charge in [-0.1, -0.05) is 18.2 Å². The van der Waals surface area contributed by atoms with Gasteiger partial charge in [0, 0.05) is 7.11 Å². The molecule has 0 unspecified atom stereocenters. The number of ether oxygens (including phenoxy) is 4. The lowest BCUT2D eigenvalue weighted by atomic mass is 10.0. The molecule has 0 saturated carbocycles. The first-order chi connectivity index (χ1) is 15.5. The predicted octanol–water partition coefficient (Wildman–Crippen LogP) is 2.74. The van der Waals surface area contributed by atoms with Gasteiger partial charge in [-0.05, 0) is 35.9 Å². The van der Waals surface area contributed by atoms with Crippen molar-refractivity contribution in [1.29, 1.82) is 0 Å². The number of amides is 4. The van der Waals surface area contributed by atoms with E-state index in [1.54, 1.807) is 42.5 Å². The van der Waals surface area contributed by atoms with E-state index in [1.807, 2.05) is 0 Å². The molecule has 1 aliphatic heterocycles. The molecule has 0 aliphatic carbocycles. The summed E-state index contributed by atoms with van der Waals surface area (Å²) in [6.45, 7) is 0.128. The quantitative estimate of drug-likeness (QED) is 0.460. The van der Waals surface area contributed by atoms with Gasteiger partial charge in [-0.3, -0.25) is 14.5 Å². The van der Waals surface area contributed by atoms with Crippen molar-refractivity contribution in [2.45, 2.75) is 0 Å². The van der Waals surface area contributed by atoms with Gasteiger partial charge in [0.2, 0.25) is 5.75 Å². The van der Waals surface area contributed by atoms with Crippen molar-refractivity contribution in [2.75, 3.05) is 46.5 Å². The van der Waals surface area contributed by atoms with Crippen molar-refractivity contribution in [3.05, 3.63) is 53.6 Å². The largest absolute Gasteiger partial charge is 0.493 e. The van der Waals surface area contributed by atoms with Gasteiger partial charge >= 0.3 is 6.03 Å². The number of hydrogen-bond donors (Lipinski definition) is 0. The second-order valence-electron chi connectivity index (χ2n) is 6.72. The number of barbiturate groups is 1. The highest BCUT2D eigenvalue weighted by Crippen LogP contribution is 2.39. The third kappa shape index (κ3) is 4.28. The summed E-state index contributed by atoms with van der Waals surface area (Å²) in [5, 5.41) is 0. The SMILES string of the molecule is COCCN1C(=O)/C(=C/c2cc(OC)c(OC)c(OC)c2)C(=O)N(c2ccccc2)C1=O. The first kappa shape index (κ1) is 22.8. The van der Waals surface area contributed by atoms with E-state index in [-0.39, 0.29) is 18.7 Å². The highest BCUT2D eigenvalue weighted by atomic mass is 16.5. The van der Waals surface area contributed by atoms with Gasteiger partial charge < -0.3 is 18.9 Å². The lowest BCUT2D eigenvalue weighted by molar-refractivity contribution is -0.129. The van der Waals surface area contributed by atoms with Gasteiger partial charge in [0.1, 0.15) is 5.57 Å². The van der Waals surface area contributed by atoms with Crippen LogP contribution < -0.4 is 19.1 Å². The number of carbonyl (C=O) groups excluding carboxylic acids is 3. The minimum Gasteiger partial charge on any atom is -0.493 e. The molecule has 9 heteroatoms. The topological polar surface area (TPSA) is 94.6 Å². The molecule has 1 heterocycles. The van der Waals surface area contributed by atoms with E-state index in [9.17, 15) is 14.4 Å². The van der Waals surface area contributed by atoms with E-state index in [4.69, 9.17) is 18.9 Å². The number of benzene rings is 2. The molecule has 0 spiro atoms. The molecule has 2 aromatic rings. The molecule has 0 aromatic heterocycles. The molecular weight excluding hydrogens is 416 g/mol. The maximum atomic E-state index is 13.3. The Labute approximate surface area is 185 Å². The van der Waals surface area contributed by atoms with Crippen molar-refractivity contribution in [2.24, 2.45) is 0 Å². The van der Waals surface area contributed by atoms with Crippen LogP contribution in [0.1, 0.15) is 5.56 Å². The van der Waals surface area contributed by atoms with E-state index < -0.39 is 17.8 Å². The highest BCUT2D eigenvalue weighted by Gasteiger charge is 2.42. The van der Waals surface area contributed by atoms with Gasteiger partial charge in [-0.15, -0.1) is 0 Å². The van der Waals surface area contributed by atoms with Gasteiger partial charge in [-0.2, -0.15) is 0 Å². The predicted molar refractivity (Wildman–Crippen MR) is 117 cm³/mol. The van der Waals surface area contributed by atoms with Crippen LogP contribution in [0, 0.1) is 0 Å². The molecule has 0 N–H and O–H groups in total. The minimum absolute atomic E-state index is 0.00260. The van der Waals surface area contributed by atoms with Crippen LogP contribution in [0.4, 0.5) is 10.5 Å². The Balaban J connectivity index is 2.13. The van der Waals surface area contributed by atoms with Crippen LogP contribution >= 0.6 is 0 Å². The fourth-order valence-electron chi connectivity index (χ4n) is 3.31. The van der Waals surface area contributed by atoms with Crippen LogP contribution in [0.5, 0.6) is 17.2 Å². The monoisotopic (exact) mass is 440 g/mol. The average Bonchev–Trinajstić information content (AvgIpc) is 2.81. The summed E-state index contributed by atoms with van der Waals surface area (Å²) in [6.07, 6.45) is 1.40. The van der Waals surface area contributed by atoms with Crippen molar-refractivity contribution in [1.82, 2.24) is 4.90 Å². The molecule has 9 nitrogen and oxygen atoms in total. The molecule has 3 rings (SSSR count). The Hall–Kier alpha value is -3.85. The Morgan fingerprint density at radius 1 is 0.844 bits per heavy atom. The summed E-state index contributed by atoms with van der Waals surface area (Å²) in [7, 11) is 5.87. The van der Waals surface area contributed by atoms with Gasteiger partial charge in [0.05, 0.1) is 40.2 Å². The summed E-state index contributed by atoms with van der Waals surface area (Å²) < 4.78 is 21.0. The van der Waals surface area contributed by atoms with Crippen molar-refractivity contribution in [3.63, 3.8) is 0 Å². The smallest absolute Gasteiger partial charge is 0.338 e. The number of nitrogens with zero attached hydrogens (tertiary/aromatic N) is 2. The zero-order chi connectivity index (χ0) is 23.3. The molecule has 0 bridgehead atoms. The lowest BCUT2D eigenvalue weighted by Crippen LogP contribution is -2.57. The van der Waals surface area contributed by atoms with Crippen LogP contribution in [0.3, 0.4) is 0 Å². The maximum absolute atomic E-state index is 13.3. The van der Waals surface area contributed by atoms with Crippen molar-refractivity contribution in [3.8, 4) is 17.2 Å². The van der Waals surface area contributed by atoms with Crippen LogP contribution in [-0.2, 0) is 14.3 Å². The minimum atomic E-state index is -0.731. The summed E-state index contributed by atoms with van der Waals surface area (Å²) >= 11 is 0. The third-order valence-electron chi connectivity index (χ3n) is 4.86. The summed E-state index contributed by atoms with van der Waals surface area (Å²) in [6, 6.07) is 10.9. The molecular formula is C23H24N2O7. The molecule has 2 aromatic carbocycles. The fraction of sp³-hybridized carbons (Fsp3) is 0.261. The van der Waals surface area contributed by atoms with Gasteiger partial charge in [0.25, 0.3) is 11.8 Å². The van der Waals surface area contributed by atoms with Crippen LogP contribution in [0.15, 0.2) is 48.0 Å². The third-order valence-corrected chi connectivity index (χ3v) is 4.86.